The van der Waals surface area contributed by atoms with Crippen LogP contribution in [0, 0.1) is 26.6 Å². The van der Waals surface area contributed by atoms with Gasteiger partial charge in [0, 0.05) is 43.4 Å². The minimum Gasteiger partial charge on any atom is -0.378 e. The van der Waals surface area contributed by atoms with Crippen LogP contribution in [-0.2, 0) is 16.1 Å². The van der Waals surface area contributed by atoms with E-state index in [4.69, 9.17) is 0 Å². The average Bonchev–Trinajstić information content (AvgIpc) is 2.92. The summed E-state index contributed by atoms with van der Waals surface area (Å²) >= 11 is 1.21. The highest BCUT2D eigenvalue weighted by Gasteiger charge is 2.32. The second-order valence-electron chi connectivity index (χ2n) is 10.1. The number of carbonyl (C=O) groups excluding carboxylic acids is 2. The number of hydrogen-bond donors (Lipinski definition) is 1. The third-order valence-electron chi connectivity index (χ3n) is 6.46. The van der Waals surface area contributed by atoms with E-state index in [-0.39, 0.29) is 18.2 Å². The molecule has 7 nitrogen and oxygen atoms in total. The highest BCUT2D eigenvalue weighted by atomic mass is 32.2. The smallest absolute Gasteiger partial charge is 0.251 e. The van der Waals surface area contributed by atoms with Crippen LogP contribution in [0.15, 0.2) is 84.0 Å². The first-order valence-corrected chi connectivity index (χ1v) is 14.2. The Morgan fingerprint density at radius 3 is 2.17 bits per heavy atom. The fraction of sp³-hybridized carbons (Fsp3) is 0.250. The average molecular weight is 572 g/mol. The molecule has 0 spiro atoms. The molecule has 0 aliphatic carbocycles. The zero-order chi connectivity index (χ0) is 29.5. The van der Waals surface area contributed by atoms with Gasteiger partial charge in [-0.15, -0.1) is 0 Å². The zero-order valence-electron chi connectivity index (χ0n) is 23.9. The molecule has 3 aromatic carbocycles. The number of anilines is 2. The second kappa shape index (κ2) is 13.4. The number of thioether (sulfide) groups is 1. The number of aryl methyl sites for hydroxylation is 3. The van der Waals surface area contributed by atoms with Crippen LogP contribution in [0.1, 0.15) is 34.1 Å². The summed E-state index contributed by atoms with van der Waals surface area (Å²) in [4.78, 5) is 40.2. The van der Waals surface area contributed by atoms with Gasteiger partial charge in [-0.2, -0.15) is 0 Å². The van der Waals surface area contributed by atoms with Gasteiger partial charge in [0.1, 0.15) is 11.9 Å². The van der Waals surface area contributed by atoms with Gasteiger partial charge in [0.05, 0.1) is 5.75 Å². The van der Waals surface area contributed by atoms with Crippen molar-refractivity contribution >= 4 is 35.0 Å². The van der Waals surface area contributed by atoms with E-state index in [2.05, 4.69) is 15.3 Å². The van der Waals surface area contributed by atoms with Crippen LogP contribution >= 0.6 is 11.8 Å². The molecule has 1 atom stereocenters. The van der Waals surface area contributed by atoms with Gasteiger partial charge < -0.3 is 15.1 Å². The van der Waals surface area contributed by atoms with E-state index in [1.807, 2.05) is 82.2 Å². The Hall–Kier alpha value is -4.24. The molecule has 1 N–H and O–H groups in total. The van der Waals surface area contributed by atoms with Gasteiger partial charge in [-0.3, -0.25) is 9.59 Å². The maximum Gasteiger partial charge on any atom is 0.251 e. The first-order valence-electron chi connectivity index (χ1n) is 13.2. The van der Waals surface area contributed by atoms with Crippen LogP contribution in [0.3, 0.4) is 0 Å². The maximum atomic E-state index is 14.5. The predicted octanol–water partition coefficient (Wildman–Crippen LogP) is 6.11. The Morgan fingerprint density at radius 2 is 1.56 bits per heavy atom. The topological polar surface area (TPSA) is 78.4 Å². The van der Waals surface area contributed by atoms with Gasteiger partial charge in [-0.05, 0) is 74.4 Å². The normalized spacial score (nSPS) is 11.6. The fourth-order valence-corrected chi connectivity index (χ4v) is 5.22. The van der Waals surface area contributed by atoms with Gasteiger partial charge in [0.2, 0.25) is 5.91 Å². The van der Waals surface area contributed by atoms with Crippen molar-refractivity contribution in [3.05, 3.63) is 113 Å². The van der Waals surface area contributed by atoms with Crippen LogP contribution in [0.25, 0.3) is 0 Å². The fourth-order valence-electron chi connectivity index (χ4n) is 4.38. The minimum atomic E-state index is -1.09. The molecule has 1 unspecified atom stereocenters. The maximum absolute atomic E-state index is 14.5. The monoisotopic (exact) mass is 571 g/mol. The molecule has 4 rings (SSSR count). The largest absolute Gasteiger partial charge is 0.378 e. The highest BCUT2D eigenvalue weighted by Crippen LogP contribution is 2.28. The van der Waals surface area contributed by atoms with Crippen molar-refractivity contribution in [3.8, 4) is 0 Å². The number of nitrogens with zero attached hydrogens (tertiary/aromatic N) is 4. The molecule has 4 aromatic rings. The summed E-state index contributed by atoms with van der Waals surface area (Å²) < 4.78 is 14.5. The molecular weight excluding hydrogens is 537 g/mol. The molecule has 0 aliphatic heterocycles. The molecule has 41 heavy (non-hydrogen) atoms. The van der Waals surface area contributed by atoms with Crippen LogP contribution in [-0.4, -0.2) is 46.5 Å². The molecule has 0 saturated carbocycles. The van der Waals surface area contributed by atoms with Crippen molar-refractivity contribution in [1.82, 2.24) is 14.9 Å². The number of aromatic nitrogens is 2. The lowest BCUT2D eigenvalue weighted by Crippen LogP contribution is -2.42. The molecule has 2 amide bonds. The summed E-state index contributed by atoms with van der Waals surface area (Å²) in [6.45, 7) is 5.89. The van der Waals surface area contributed by atoms with Crippen LogP contribution < -0.4 is 10.2 Å². The number of hydrogen-bond acceptors (Lipinski definition) is 6. The van der Waals surface area contributed by atoms with Gasteiger partial charge in [0.15, 0.2) is 5.16 Å². The molecule has 1 heterocycles. The molecule has 0 fully saturated rings. The molecule has 9 heteroatoms. The molecule has 0 aliphatic rings. The first kappa shape index (κ1) is 29.7. The summed E-state index contributed by atoms with van der Waals surface area (Å²) in [6.07, 6.45) is 0. The van der Waals surface area contributed by atoms with Crippen molar-refractivity contribution in [3.63, 3.8) is 0 Å². The van der Waals surface area contributed by atoms with Crippen LogP contribution in [0.5, 0.6) is 0 Å². The number of halogens is 1. The predicted molar refractivity (Wildman–Crippen MR) is 162 cm³/mol. The van der Waals surface area contributed by atoms with Gasteiger partial charge in [0.25, 0.3) is 5.91 Å². The molecule has 0 saturated heterocycles. The SMILES string of the molecule is Cc1ccc(CN(C(=O)CSc2nc(C)cc(C)n2)C(C(=O)Nc2ccc(N(C)C)cc2)c2cccc(F)c2)cc1. The number of amides is 2. The third kappa shape index (κ3) is 8.14. The second-order valence-corrected chi connectivity index (χ2v) is 11.1. The van der Waals surface area contributed by atoms with E-state index in [1.54, 1.807) is 24.3 Å². The van der Waals surface area contributed by atoms with Crippen molar-refractivity contribution in [2.24, 2.45) is 0 Å². The van der Waals surface area contributed by atoms with Crippen molar-refractivity contribution in [2.75, 3.05) is 30.1 Å². The number of carbonyl (C=O) groups is 2. The molecule has 0 bridgehead atoms. The Labute approximate surface area is 244 Å². The first-order chi connectivity index (χ1) is 19.6. The summed E-state index contributed by atoms with van der Waals surface area (Å²) in [5.41, 5.74) is 5.47. The van der Waals surface area contributed by atoms with E-state index < -0.39 is 17.8 Å². The molecular formula is C32H34FN5O2S. The Balaban J connectivity index is 1.69. The summed E-state index contributed by atoms with van der Waals surface area (Å²) in [7, 11) is 3.87. The summed E-state index contributed by atoms with van der Waals surface area (Å²) in [5, 5.41) is 3.42. The molecule has 1 aromatic heterocycles. The standard InChI is InChI=1S/C32H34FN5O2S/c1-21-9-11-24(12-10-21)19-38(29(39)20-41-32-34-22(2)17-23(3)35-32)30(25-7-6-8-26(33)18-25)31(40)36-27-13-15-28(16-14-27)37(4)5/h6-18,30H,19-20H2,1-5H3,(H,36,40). The van der Waals surface area contributed by atoms with E-state index in [1.165, 1.54) is 28.8 Å². The third-order valence-corrected chi connectivity index (χ3v) is 7.29. The summed E-state index contributed by atoms with van der Waals surface area (Å²) in [5.74, 6) is -1.23. The van der Waals surface area contributed by atoms with E-state index in [9.17, 15) is 14.0 Å². The lowest BCUT2D eigenvalue weighted by Gasteiger charge is -2.31. The zero-order valence-corrected chi connectivity index (χ0v) is 24.7. The molecule has 0 radical (unpaired) electrons. The number of rotatable bonds is 10. The Morgan fingerprint density at radius 1 is 0.902 bits per heavy atom. The van der Waals surface area contributed by atoms with Gasteiger partial charge in [-0.25, -0.2) is 14.4 Å². The van der Waals surface area contributed by atoms with E-state index in [0.29, 0.717) is 16.4 Å². The van der Waals surface area contributed by atoms with Crippen molar-refractivity contribution < 1.29 is 14.0 Å². The van der Waals surface area contributed by atoms with Crippen molar-refractivity contribution in [2.45, 2.75) is 38.5 Å². The molecule has 212 valence electrons. The van der Waals surface area contributed by atoms with E-state index >= 15 is 0 Å². The lowest BCUT2D eigenvalue weighted by atomic mass is 10.0. The number of nitrogens with one attached hydrogen (secondary N) is 1. The van der Waals surface area contributed by atoms with Crippen LogP contribution in [0.4, 0.5) is 15.8 Å². The Kier molecular flexibility index (Phi) is 9.73. The van der Waals surface area contributed by atoms with Gasteiger partial charge >= 0.3 is 0 Å². The lowest BCUT2D eigenvalue weighted by molar-refractivity contribution is -0.137. The van der Waals surface area contributed by atoms with Crippen molar-refractivity contribution in [1.29, 1.82) is 0 Å². The highest BCUT2D eigenvalue weighted by molar-refractivity contribution is 7.99. The van der Waals surface area contributed by atoms with E-state index in [0.717, 1.165) is 28.2 Å². The quantitative estimate of drug-likeness (QED) is 0.183. The van der Waals surface area contributed by atoms with Gasteiger partial charge in [-0.1, -0.05) is 53.7 Å². The summed E-state index contributed by atoms with van der Waals surface area (Å²) in [6, 6.07) is 21.8. The Bertz CT molecular complexity index is 1490. The number of benzene rings is 3. The van der Waals surface area contributed by atoms with Crippen LogP contribution in [0.2, 0.25) is 0 Å². The minimum absolute atomic E-state index is 0.00534.